The second-order valence-corrected chi connectivity index (χ2v) is 14.9. The van der Waals surface area contributed by atoms with Gasteiger partial charge in [0.25, 0.3) is 0 Å². The Morgan fingerprint density at radius 3 is 2.50 bits per heavy atom. The molecule has 3 aliphatic rings. The highest BCUT2D eigenvalue weighted by molar-refractivity contribution is 7.15. The van der Waals surface area contributed by atoms with Crippen molar-refractivity contribution in [1.82, 2.24) is 35.2 Å². The predicted octanol–water partition coefficient (Wildman–Crippen LogP) is 4.64. The van der Waals surface area contributed by atoms with E-state index in [0.717, 1.165) is 83.6 Å². The fraction of sp³-hybridized carbons (Fsp3) is 0.405. The molecule has 0 spiro atoms. The molecule has 0 radical (unpaired) electrons. The highest BCUT2D eigenvalue weighted by Crippen LogP contribution is 2.39. The zero-order valence-corrected chi connectivity index (χ0v) is 30.1. The molecule has 11 nitrogen and oxygen atoms in total. The molecule has 3 aliphatic heterocycles. The zero-order chi connectivity index (χ0) is 34.9. The van der Waals surface area contributed by atoms with Crippen molar-refractivity contribution in [2.24, 2.45) is 4.99 Å². The number of fused-ring (bicyclic) bond motifs is 3. The molecular formula is C37H41ClN8O3S. The summed E-state index contributed by atoms with van der Waals surface area (Å²) in [6.07, 6.45) is 1.07. The number of amides is 3. The van der Waals surface area contributed by atoms with E-state index in [0.29, 0.717) is 30.2 Å². The van der Waals surface area contributed by atoms with Gasteiger partial charge in [-0.15, -0.1) is 21.5 Å². The van der Waals surface area contributed by atoms with Crippen molar-refractivity contribution in [3.05, 3.63) is 97.9 Å². The highest BCUT2D eigenvalue weighted by atomic mass is 35.5. The molecule has 2 N–H and O–H groups in total. The van der Waals surface area contributed by atoms with Gasteiger partial charge in [0.2, 0.25) is 17.7 Å². The molecule has 0 aliphatic carbocycles. The van der Waals surface area contributed by atoms with Gasteiger partial charge in [-0.05, 0) is 56.0 Å². The van der Waals surface area contributed by atoms with E-state index in [1.54, 1.807) is 11.3 Å². The number of nitrogens with one attached hydrogen (secondary N) is 2. The summed E-state index contributed by atoms with van der Waals surface area (Å²) in [5.41, 5.74) is 6.11. The van der Waals surface area contributed by atoms with Gasteiger partial charge in [-0.3, -0.25) is 39.1 Å². The van der Waals surface area contributed by atoms with Gasteiger partial charge in [0.15, 0.2) is 5.82 Å². The second-order valence-electron chi connectivity index (χ2n) is 13.3. The fourth-order valence-corrected chi connectivity index (χ4v) is 8.49. The molecule has 2 saturated heterocycles. The lowest BCUT2D eigenvalue weighted by molar-refractivity contribution is -0.134. The summed E-state index contributed by atoms with van der Waals surface area (Å²) in [5, 5.41) is 16.2. The number of hydrogen-bond acceptors (Lipinski definition) is 9. The highest BCUT2D eigenvalue weighted by Gasteiger charge is 2.33. The van der Waals surface area contributed by atoms with Gasteiger partial charge in [0.1, 0.15) is 16.9 Å². The molecule has 5 heterocycles. The van der Waals surface area contributed by atoms with E-state index < -0.39 is 6.04 Å². The van der Waals surface area contributed by atoms with Crippen molar-refractivity contribution >= 4 is 46.4 Å². The normalized spacial score (nSPS) is 19.7. The predicted molar refractivity (Wildman–Crippen MR) is 194 cm³/mol. The van der Waals surface area contributed by atoms with Gasteiger partial charge in [0, 0.05) is 73.3 Å². The van der Waals surface area contributed by atoms with Gasteiger partial charge >= 0.3 is 0 Å². The Morgan fingerprint density at radius 1 is 1.00 bits per heavy atom. The Morgan fingerprint density at radius 2 is 1.74 bits per heavy atom. The molecule has 4 aromatic rings. The number of hydrogen-bond donors (Lipinski definition) is 2. The third-order valence-corrected chi connectivity index (χ3v) is 11.5. The van der Waals surface area contributed by atoms with E-state index in [1.807, 2.05) is 49.4 Å². The minimum Gasteiger partial charge on any atom is -0.355 e. The van der Waals surface area contributed by atoms with E-state index in [2.05, 4.69) is 55.1 Å². The number of carbonyl (C=O) groups is 3. The molecule has 2 atom stereocenters. The van der Waals surface area contributed by atoms with Crippen LogP contribution < -0.4 is 10.6 Å². The molecule has 13 heteroatoms. The summed E-state index contributed by atoms with van der Waals surface area (Å²) < 4.78 is 2.06. The van der Waals surface area contributed by atoms with Gasteiger partial charge in [-0.1, -0.05) is 48.0 Å². The number of aryl methyl sites for hydroxylation is 2. The average Bonchev–Trinajstić information content (AvgIpc) is 3.58. The van der Waals surface area contributed by atoms with Crippen molar-refractivity contribution in [3.8, 4) is 5.00 Å². The van der Waals surface area contributed by atoms with E-state index in [-0.39, 0.29) is 30.1 Å². The lowest BCUT2D eigenvalue weighted by atomic mass is 9.87. The van der Waals surface area contributed by atoms with Crippen molar-refractivity contribution in [1.29, 1.82) is 0 Å². The lowest BCUT2D eigenvalue weighted by Crippen LogP contribution is -2.48. The quantitative estimate of drug-likeness (QED) is 0.242. The first kappa shape index (κ1) is 34.2. The molecular weight excluding hydrogens is 672 g/mol. The van der Waals surface area contributed by atoms with Crippen LogP contribution in [0.2, 0.25) is 5.02 Å². The maximum Gasteiger partial charge on any atom is 0.234 e. The van der Waals surface area contributed by atoms with E-state index in [4.69, 9.17) is 16.6 Å². The van der Waals surface area contributed by atoms with Gasteiger partial charge in [-0.25, -0.2) is 0 Å². The van der Waals surface area contributed by atoms with Gasteiger partial charge in [-0.2, -0.15) is 0 Å². The van der Waals surface area contributed by atoms with E-state index in [9.17, 15) is 14.4 Å². The number of carbonyl (C=O) groups excluding carboxylic acids is 3. The van der Waals surface area contributed by atoms with Crippen molar-refractivity contribution in [2.75, 3.05) is 39.3 Å². The van der Waals surface area contributed by atoms with Crippen LogP contribution in [-0.2, 0) is 20.9 Å². The number of aliphatic imine (C=N–C) groups is 1. The van der Waals surface area contributed by atoms with Crippen LogP contribution in [0.3, 0.4) is 0 Å². The molecule has 50 heavy (non-hydrogen) atoms. The van der Waals surface area contributed by atoms with E-state index in [1.165, 1.54) is 4.88 Å². The summed E-state index contributed by atoms with van der Waals surface area (Å²) in [4.78, 5) is 48.9. The van der Waals surface area contributed by atoms with Crippen LogP contribution >= 0.6 is 22.9 Å². The van der Waals surface area contributed by atoms with Gasteiger partial charge < -0.3 is 5.32 Å². The average molecular weight is 713 g/mol. The van der Waals surface area contributed by atoms with Crippen LogP contribution in [0.25, 0.3) is 5.00 Å². The Kier molecular flexibility index (Phi) is 9.96. The van der Waals surface area contributed by atoms with Crippen molar-refractivity contribution in [2.45, 2.75) is 58.5 Å². The number of nitrogens with zero attached hydrogens (tertiary/aromatic N) is 6. The number of piperazine rings is 1. The molecule has 2 aromatic heterocycles. The number of imide groups is 1. The monoisotopic (exact) mass is 712 g/mol. The first-order chi connectivity index (χ1) is 24.2. The summed E-state index contributed by atoms with van der Waals surface area (Å²) in [7, 11) is 0. The Balaban J connectivity index is 0.968. The fourth-order valence-electron chi connectivity index (χ4n) is 7.15. The number of rotatable bonds is 9. The van der Waals surface area contributed by atoms with Gasteiger partial charge in [0.05, 0.1) is 18.1 Å². The second kappa shape index (κ2) is 14.6. The molecule has 0 saturated carbocycles. The Labute approximate surface area is 300 Å². The number of benzene rings is 2. The molecule has 7 rings (SSSR count). The molecule has 2 fully saturated rings. The number of piperidine rings is 1. The molecule has 260 valence electrons. The van der Waals surface area contributed by atoms with Crippen molar-refractivity contribution in [3.63, 3.8) is 0 Å². The summed E-state index contributed by atoms with van der Waals surface area (Å²) in [5.74, 6) is 0.663. The zero-order valence-electron chi connectivity index (χ0n) is 28.5. The number of thiophene rings is 1. The van der Waals surface area contributed by atoms with Crippen LogP contribution in [0.15, 0.2) is 53.5 Å². The summed E-state index contributed by atoms with van der Waals surface area (Å²) >= 11 is 7.93. The molecule has 2 aromatic carbocycles. The van der Waals surface area contributed by atoms with Crippen LogP contribution in [0.4, 0.5) is 0 Å². The minimum atomic E-state index is -0.507. The first-order valence-electron chi connectivity index (χ1n) is 17.2. The summed E-state index contributed by atoms with van der Waals surface area (Å²) in [6, 6.07) is 15.3. The van der Waals surface area contributed by atoms with Crippen LogP contribution in [0, 0.1) is 20.8 Å². The van der Waals surface area contributed by atoms with Crippen LogP contribution in [0.1, 0.15) is 75.6 Å². The van der Waals surface area contributed by atoms with Crippen LogP contribution in [-0.4, -0.2) is 87.3 Å². The molecule has 1 unspecified atom stereocenters. The third-order valence-electron chi connectivity index (χ3n) is 10.0. The van der Waals surface area contributed by atoms with Crippen LogP contribution in [0.5, 0.6) is 0 Å². The third kappa shape index (κ3) is 7.02. The van der Waals surface area contributed by atoms with Crippen molar-refractivity contribution < 1.29 is 14.4 Å². The molecule has 0 bridgehead atoms. The van der Waals surface area contributed by atoms with E-state index >= 15 is 0 Å². The molecule has 3 amide bonds. The minimum absolute atomic E-state index is 0.0803. The summed E-state index contributed by atoms with van der Waals surface area (Å²) in [6.45, 7) is 11.8. The Bertz CT molecular complexity index is 1960. The Hall–Kier alpha value is -4.23. The topological polar surface area (TPSA) is 125 Å². The number of halogens is 1. The SMILES string of the molecule is Cc1sc2c(c1C)C(c1ccc(Cl)cc1)=N[C@@H](CC(=O)NCCN1CCN(Cc3ccccc3C3CCC(=O)NC3=O)CC1)c1nnc(C)n1-2. The standard InChI is InChI=1S/C37H41ClN8O3S/c1-22-23(2)50-37-33(22)34(25-8-10-27(38)11-9-25)40-30(35-43-42-24(3)46(35)37)20-32(48)39-14-15-44-16-18-45(19-17-44)21-26-6-4-5-7-28(26)29-12-13-31(47)41-36(29)49/h4-11,29-30H,12-21H2,1-3H3,(H,39,48)(H,41,47,49)/t29?,30-/m0/s1. The maximum atomic E-state index is 13.4. The smallest absolute Gasteiger partial charge is 0.234 e. The lowest BCUT2D eigenvalue weighted by Gasteiger charge is -2.35. The first-order valence-corrected chi connectivity index (χ1v) is 18.3. The number of aromatic nitrogens is 3. The largest absolute Gasteiger partial charge is 0.355 e. The maximum absolute atomic E-state index is 13.4.